The quantitative estimate of drug-likeness (QED) is 0.0598. The van der Waals surface area contributed by atoms with E-state index < -0.39 is 0 Å². The van der Waals surface area contributed by atoms with Gasteiger partial charge in [-0.15, -0.1) is 24.8 Å². The first-order chi connectivity index (χ1) is 26.5. The van der Waals surface area contributed by atoms with Crippen molar-refractivity contribution in [3.63, 3.8) is 0 Å². The fourth-order valence-electron chi connectivity index (χ4n) is 4.75. The van der Waals surface area contributed by atoms with Gasteiger partial charge in [0, 0.05) is 30.8 Å². The summed E-state index contributed by atoms with van der Waals surface area (Å²) in [4.78, 5) is 14.0. The van der Waals surface area contributed by atoms with Gasteiger partial charge in [-0.2, -0.15) is 0 Å². The Hall–Kier alpha value is -4.07. The molecule has 0 saturated heterocycles. The molecule has 310 valence electrons. The molecule has 18 heteroatoms. The van der Waals surface area contributed by atoms with Crippen molar-refractivity contribution in [2.45, 2.75) is 0 Å². The molecule has 0 aliphatic carbocycles. The summed E-state index contributed by atoms with van der Waals surface area (Å²) in [5.74, 6) is 2.05. The SMILES string of the molecule is COc1ccc(-c2nc(-c3ccc(OCCOCCOCCOCCN)cc3O)nc(-c3ccc(OCCOCCOCCOCCN)cc3O)n2)cc1.Cl.Cl. The maximum atomic E-state index is 11.1. The highest BCUT2D eigenvalue weighted by molar-refractivity contribution is 5.85. The zero-order valence-corrected chi connectivity index (χ0v) is 33.1. The van der Waals surface area contributed by atoms with Crippen molar-refractivity contribution in [2.24, 2.45) is 11.5 Å². The van der Waals surface area contributed by atoms with Crippen molar-refractivity contribution in [1.82, 2.24) is 15.0 Å². The van der Waals surface area contributed by atoms with Gasteiger partial charge in [-0.3, -0.25) is 0 Å². The Morgan fingerprint density at radius 3 is 1.14 bits per heavy atom. The summed E-state index contributed by atoms with van der Waals surface area (Å²) in [7, 11) is 1.58. The van der Waals surface area contributed by atoms with Crippen LogP contribution in [0.5, 0.6) is 28.7 Å². The summed E-state index contributed by atoms with van der Waals surface area (Å²) < 4.78 is 49.3. The van der Waals surface area contributed by atoms with Crippen LogP contribution in [0.1, 0.15) is 0 Å². The van der Waals surface area contributed by atoms with Gasteiger partial charge in [0.2, 0.25) is 0 Å². The van der Waals surface area contributed by atoms with Crippen LogP contribution in [0.4, 0.5) is 0 Å². The van der Waals surface area contributed by atoms with E-state index in [0.717, 1.165) is 0 Å². The number of nitrogens with two attached hydrogens (primary N) is 2. The van der Waals surface area contributed by atoms with Gasteiger partial charge in [0.05, 0.1) is 97.5 Å². The standard InChI is InChI=1S/C38H51N5O11.2ClH/c1-46-29-4-2-28(3-5-29)36-41-37(32-8-6-30(26-34(32)44)53-24-22-51-20-18-49-16-14-47-12-10-39)43-38(42-36)33-9-7-31(27-35(33)45)54-25-23-52-21-19-50-17-15-48-13-11-40;;/h2-9,26-27,44-45H,10-25,39-40H2,1H3;2*1H. The van der Waals surface area contributed by atoms with Crippen molar-refractivity contribution in [2.75, 3.05) is 113 Å². The van der Waals surface area contributed by atoms with E-state index in [1.165, 1.54) is 12.1 Å². The molecule has 0 saturated carbocycles. The Morgan fingerprint density at radius 1 is 0.446 bits per heavy atom. The average molecular weight is 827 g/mol. The molecule has 1 aromatic heterocycles. The summed E-state index contributed by atoms with van der Waals surface area (Å²) in [5, 5.41) is 22.1. The molecule has 0 unspecified atom stereocenters. The maximum absolute atomic E-state index is 11.1. The van der Waals surface area contributed by atoms with E-state index >= 15 is 0 Å². The van der Waals surface area contributed by atoms with Gasteiger partial charge in [0.15, 0.2) is 17.5 Å². The van der Waals surface area contributed by atoms with Crippen LogP contribution in [0.2, 0.25) is 0 Å². The second-order valence-electron chi connectivity index (χ2n) is 11.3. The van der Waals surface area contributed by atoms with E-state index in [1.807, 2.05) is 12.1 Å². The Balaban J connectivity index is 0.00000541. The van der Waals surface area contributed by atoms with E-state index in [9.17, 15) is 10.2 Å². The third-order valence-electron chi connectivity index (χ3n) is 7.41. The summed E-state index contributed by atoms with van der Waals surface area (Å²) in [6, 6.07) is 16.9. The predicted octanol–water partition coefficient (Wildman–Crippen LogP) is 3.91. The molecule has 6 N–H and O–H groups in total. The molecule has 0 aliphatic heterocycles. The number of rotatable bonds is 28. The molecule has 0 fully saturated rings. The number of methoxy groups -OCH3 is 1. The molecule has 0 atom stereocenters. The topological polar surface area (TPSA) is 214 Å². The van der Waals surface area contributed by atoms with Crippen LogP contribution in [0.3, 0.4) is 0 Å². The smallest absolute Gasteiger partial charge is 0.167 e. The van der Waals surface area contributed by atoms with Crippen LogP contribution in [0.25, 0.3) is 34.2 Å². The molecule has 16 nitrogen and oxygen atoms in total. The first kappa shape index (κ1) is 48.1. The third kappa shape index (κ3) is 17.0. The molecule has 0 radical (unpaired) electrons. The highest BCUT2D eigenvalue weighted by atomic mass is 35.5. The first-order valence-corrected chi connectivity index (χ1v) is 17.7. The molecule has 0 spiro atoms. The lowest BCUT2D eigenvalue weighted by molar-refractivity contribution is 0.0106. The number of nitrogens with zero attached hydrogens (tertiary/aromatic N) is 3. The Labute approximate surface area is 339 Å². The normalized spacial score (nSPS) is 10.8. The van der Waals surface area contributed by atoms with Crippen molar-refractivity contribution in [3.05, 3.63) is 60.7 Å². The number of halogens is 2. The molecule has 56 heavy (non-hydrogen) atoms. The second-order valence-corrected chi connectivity index (χ2v) is 11.3. The van der Waals surface area contributed by atoms with Gasteiger partial charge in [-0.05, 0) is 48.5 Å². The average Bonchev–Trinajstić information content (AvgIpc) is 3.19. The summed E-state index contributed by atoms with van der Waals surface area (Å²) in [5.41, 5.74) is 12.1. The van der Waals surface area contributed by atoms with Gasteiger partial charge in [-0.1, -0.05) is 0 Å². The molecule has 3 aromatic carbocycles. The van der Waals surface area contributed by atoms with Gasteiger partial charge < -0.3 is 64.3 Å². The number of phenols is 2. The van der Waals surface area contributed by atoms with Gasteiger partial charge in [0.25, 0.3) is 0 Å². The van der Waals surface area contributed by atoms with E-state index in [4.69, 9.17) is 54.1 Å². The predicted molar refractivity (Wildman–Crippen MR) is 215 cm³/mol. The van der Waals surface area contributed by atoms with E-state index in [0.29, 0.717) is 132 Å². The summed E-state index contributed by atoms with van der Waals surface area (Å²) >= 11 is 0. The molecular weight excluding hydrogens is 773 g/mol. The molecule has 0 aliphatic rings. The maximum Gasteiger partial charge on any atom is 0.167 e. The minimum absolute atomic E-state index is 0. The van der Waals surface area contributed by atoms with Crippen LogP contribution in [-0.2, 0) is 28.4 Å². The van der Waals surface area contributed by atoms with Crippen molar-refractivity contribution >= 4 is 24.8 Å². The number of benzene rings is 3. The van der Waals surface area contributed by atoms with Crippen LogP contribution in [0, 0.1) is 0 Å². The van der Waals surface area contributed by atoms with E-state index in [-0.39, 0.29) is 61.2 Å². The Kier molecular flexibility index (Phi) is 24.3. The second kappa shape index (κ2) is 28.3. The lowest BCUT2D eigenvalue weighted by Gasteiger charge is -2.13. The number of hydrogen-bond acceptors (Lipinski definition) is 16. The first-order valence-electron chi connectivity index (χ1n) is 17.7. The van der Waals surface area contributed by atoms with Crippen LogP contribution in [-0.4, -0.2) is 138 Å². The summed E-state index contributed by atoms with van der Waals surface area (Å²) in [6.07, 6.45) is 0. The van der Waals surface area contributed by atoms with E-state index in [1.54, 1.807) is 43.5 Å². The van der Waals surface area contributed by atoms with Crippen molar-refractivity contribution in [3.8, 4) is 62.9 Å². The highest BCUT2D eigenvalue weighted by Gasteiger charge is 2.18. The molecule has 4 aromatic rings. The molecule has 1 heterocycles. The third-order valence-corrected chi connectivity index (χ3v) is 7.41. The zero-order valence-electron chi connectivity index (χ0n) is 31.5. The van der Waals surface area contributed by atoms with E-state index in [2.05, 4.69) is 15.0 Å². The van der Waals surface area contributed by atoms with Gasteiger partial charge in [0.1, 0.15) is 42.0 Å². The highest BCUT2D eigenvalue weighted by Crippen LogP contribution is 2.35. The minimum Gasteiger partial charge on any atom is -0.507 e. The molecule has 4 rings (SSSR count). The largest absolute Gasteiger partial charge is 0.507 e. The van der Waals surface area contributed by atoms with Crippen molar-refractivity contribution < 1.29 is 52.8 Å². The fraction of sp³-hybridized carbons (Fsp3) is 0.447. The van der Waals surface area contributed by atoms with Crippen LogP contribution in [0.15, 0.2) is 60.7 Å². The van der Waals surface area contributed by atoms with Gasteiger partial charge in [-0.25, -0.2) is 15.0 Å². The van der Waals surface area contributed by atoms with Crippen molar-refractivity contribution in [1.29, 1.82) is 0 Å². The number of aromatic nitrogens is 3. The lowest BCUT2D eigenvalue weighted by atomic mass is 10.1. The molecule has 0 bridgehead atoms. The molecule has 0 amide bonds. The van der Waals surface area contributed by atoms with Gasteiger partial charge >= 0.3 is 0 Å². The molecular formula is C38H53Cl2N5O11. The van der Waals surface area contributed by atoms with Crippen LogP contribution >= 0.6 is 24.8 Å². The Bertz CT molecular complexity index is 1570. The minimum atomic E-state index is -0.102. The number of hydrogen-bond donors (Lipinski definition) is 4. The number of ether oxygens (including phenoxy) is 9. The fourth-order valence-corrected chi connectivity index (χ4v) is 4.75. The number of aromatic hydroxyl groups is 2. The zero-order chi connectivity index (χ0) is 38.2. The lowest BCUT2D eigenvalue weighted by Crippen LogP contribution is -2.14. The van der Waals surface area contributed by atoms with Crippen LogP contribution < -0.4 is 25.7 Å². The Morgan fingerprint density at radius 2 is 0.786 bits per heavy atom. The number of phenolic OH excluding ortho intramolecular Hbond substituents is 2. The monoisotopic (exact) mass is 825 g/mol. The summed E-state index contributed by atoms with van der Waals surface area (Å²) in [6.45, 7) is 6.80.